The van der Waals surface area contributed by atoms with E-state index in [0.29, 0.717) is 18.5 Å². The van der Waals surface area contributed by atoms with E-state index in [2.05, 4.69) is 9.73 Å². The zero-order chi connectivity index (χ0) is 17.9. The topological polar surface area (TPSA) is 58.9 Å². The zero-order valence-electron chi connectivity index (χ0n) is 13.3. The summed E-state index contributed by atoms with van der Waals surface area (Å²) in [5.74, 6) is -0.134. The molecule has 1 aromatic rings. The van der Waals surface area contributed by atoms with E-state index in [0.717, 1.165) is 12.1 Å². The highest BCUT2D eigenvalue weighted by molar-refractivity contribution is 6.14. The van der Waals surface area contributed by atoms with Crippen LogP contribution in [-0.4, -0.2) is 23.5 Å². The Morgan fingerprint density at radius 2 is 1.88 bits per heavy atom. The van der Waals surface area contributed by atoms with Crippen molar-refractivity contribution in [1.29, 1.82) is 0 Å². The number of carbonyl (C=O) groups is 1. The van der Waals surface area contributed by atoms with Crippen molar-refractivity contribution in [3.05, 3.63) is 35.6 Å². The maximum atomic E-state index is 12.1. The van der Waals surface area contributed by atoms with E-state index in [4.69, 9.17) is 0 Å². The van der Waals surface area contributed by atoms with Crippen molar-refractivity contribution in [1.82, 2.24) is 0 Å². The van der Waals surface area contributed by atoms with Crippen LogP contribution in [-0.2, 0) is 4.79 Å². The van der Waals surface area contributed by atoms with Crippen molar-refractivity contribution < 1.29 is 27.8 Å². The Labute approximate surface area is 137 Å². The predicted octanol–water partition coefficient (Wildman–Crippen LogP) is 4.73. The summed E-state index contributed by atoms with van der Waals surface area (Å²) in [5, 5.41) is 10.0. The molecule has 130 valence electrons. The van der Waals surface area contributed by atoms with Gasteiger partial charge in [0.25, 0.3) is 0 Å². The average Bonchev–Trinajstić information content (AvgIpc) is 2.46. The summed E-state index contributed by atoms with van der Waals surface area (Å²) in [6.45, 7) is 3.99. The third-order valence-corrected chi connectivity index (χ3v) is 3.87. The molecule has 0 aliphatic heterocycles. The van der Waals surface area contributed by atoms with Crippen LogP contribution in [0.25, 0.3) is 0 Å². The Bertz CT molecular complexity index is 661. The predicted molar refractivity (Wildman–Crippen MR) is 83.5 cm³/mol. The van der Waals surface area contributed by atoms with Crippen LogP contribution in [0.4, 0.5) is 18.9 Å². The molecule has 1 unspecified atom stereocenters. The highest BCUT2D eigenvalue weighted by Gasteiger charge is 2.31. The normalized spacial score (nSPS) is 19.4. The minimum atomic E-state index is -4.75. The molecule has 1 N–H and O–H groups in total. The molecule has 0 fully saturated rings. The van der Waals surface area contributed by atoms with Gasteiger partial charge in [-0.3, -0.25) is 9.79 Å². The summed E-state index contributed by atoms with van der Waals surface area (Å²) in [6.07, 6.45) is -2.72. The molecule has 1 atom stereocenters. The maximum absolute atomic E-state index is 12.1. The summed E-state index contributed by atoms with van der Waals surface area (Å²) in [5.41, 5.74) is 0.506. The molecule has 0 radical (unpaired) electrons. The Balaban J connectivity index is 2.10. The van der Waals surface area contributed by atoms with Crippen molar-refractivity contribution >= 4 is 17.7 Å². The van der Waals surface area contributed by atoms with E-state index < -0.39 is 6.36 Å². The van der Waals surface area contributed by atoms with Gasteiger partial charge in [-0.15, -0.1) is 13.2 Å². The van der Waals surface area contributed by atoms with Crippen LogP contribution in [0.2, 0.25) is 0 Å². The van der Waals surface area contributed by atoms with E-state index >= 15 is 0 Å². The van der Waals surface area contributed by atoms with E-state index in [1.807, 2.05) is 13.8 Å². The van der Waals surface area contributed by atoms with E-state index in [-0.39, 0.29) is 34.7 Å². The number of aliphatic imine (C=N–C) groups is 1. The van der Waals surface area contributed by atoms with E-state index in [1.165, 1.54) is 18.3 Å². The maximum Gasteiger partial charge on any atom is 0.573 e. The van der Waals surface area contributed by atoms with E-state index in [1.54, 1.807) is 0 Å². The molecule has 7 heteroatoms. The summed E-state index contributed by atoms with van der Waals surface area (Å²) < 4.78 is 40.0. The van der Waals surface area contributed by atoms with Gasteiger partial charge in [0.15, 0.2) is 5.78 Å². The Hall–Kier alpha value is -2.31. The highest BCUT2D eigenvalue weighted by atomic mass is 19.4. The van der Waals surface area contributed by atoms with Crippen LogP contribution < -0.4 is 4.74 Å². The van der Waals surface area contributed by atoms with Crippen LogP contribution in [0.1, 0.15) is 26.7 Å². The van der Waals surface area contributed by atoms with Gasteiger partial charge in [-0.25, -0.2) is 0 Å². The van der Waals surface area contributed by atoms with Crippen LogP contribution in [0.15, 0.2) is 40.6 Å². The molecule has 24 heavy (non-hydrogen) atoms. The Morgan fingerprint density at radius 1 is 1.25 bits per heavy atom. The first-order valence-corrected chi connectivity index (χ1v) is 7.51. The second-order valence-electron chi connectivity index (χ2n) is 6.00. The number of aliphatic hydroxyl groups excluding tert-OH is 1. The largest absolute Gasteiger partial charge is 0.573 e. The number of hydrogen-bond acceptors (Lipinski definition) is 4. The molecule has 0 saturated heterocycles. The number of carbonyl (C=O) groups excluding carboxylic acids is 1. The highest BCUT2D eigenvalue weighted by Crippen LogP contribution is 2.30. The number of alkyl halides is 3. The van der Waals surface area contributed by atoms with Gasteiger partial charge in [0.05, 0.1) is 11.3 Å². The van der Waals surface area contributed by atoms with Crippen molar-refractivity contribution in [2.45, 2.75) is 33.1 Å². The number of hydrogen-bond donors (Lipinski definition) is 1. The van der Waals surface area contributed by atoms with Crippen LogP contribution in [0.3, 0.4) is 0 Å². The van der Waals surface area contributed by atoms with Crippen molar-refractivity contribution in [2.75, 3.05) is 0 Å². The van der Waals surface area contributed by atoms with Gasteiger partial charge < -0.3 is 9.84 Å². The number of ether oxygens (including phenoxy) is 1. The van der Waals surface area contributed by atoms with Gasteiger partial charge in [-0.05, 0) is 36.1 Å². The summed E-state index contributed by atoms with van der Waals surface area (Å²) >= 11 is 0. The van der Waals surface area contributed by atoms with Crippen molar-refractivity contribution in [2.24, 2.45) is 16.8 Å². The third-order valence-electron chi connectivity index (χ3n) is 3.87. The lowest BCUT2D eigenvalue weighted by Crippen LogP contribution is -2.23. The number of halogens is 3. The van der Waals surface area contributed by atoms with Gasteiger partial charge >= 0.3 is 6.36 Å². The van der Waals surface area contributed by atoms with Crippen LogP contribution in [0, 0.1) is 11.8 Å². The minimum absolute atomic E-state index is 0.00530. The van der Waals surface area contributed by atoms with Crippen molar-refractivity contribution in [3.8, 4) is 5.75 Å². The molecule has 0 amide bonds. The lowest BCUT2D eigenvalue weighted by molar-refractivity contribution is -0.274. The first-order valence-electron chi connectivity index (χ1n) is 7.51. The standard InChI is InChI=1S/C17H18F3NO3/c1-10(2)11-7-15(22)14(16(23)8-11)9-21-12-3-5-13(6-4-12)24-17(18,19)20/h3-6,9-11,22H,7-8H2,1-2H3. The van der Waals surface area contributed by atoms with Gasteiger partial charge in [0.1, 0.15) is 11.5 Å². The van der Waals surface area contributed by atoms with E-state index in [9.17, 15) is 23.1 Å². The minimum Gasteiger partial charge on any atom is -0.511 e. The lowest BCUT2D eigenvalue weighted by atomic mass is 9.81. The Kier molecular flexibility index (Phi) is 5.31. The fourth-order valence-corrected chi connectivity index (χ4v) is 2.43. The van der Waals surface area contributed by atoms with Gasteiger partial charge in [-0.2, -0.15) is 0 Å². The average molecular weight is 341 g/mol. The molecular formula is C17H18F3NO3. The molecule has 2 rings (SSSR count). The molecule has 0 bridgehead atoms. The summed E-state index contributed by atoms with van der Waals surface area (Å²) in [6, 6.07) is 4.93. The smallest absolute Gasteiger partial charge is 0.511 e. The Morgan fingerprint density at radius 3 is 2.38 bits per heavy atom. The van der Waals surface area contributed by atoms with Gasteiger partial charge in [0, 0.05) is 19.1 Å². The van der Waals surface area contributed by atoms with Gasteiger partial charge in [0.2, 0.25) is 0 Å². The first kappa shape index (κ1) is 18.0. The molecule has 4 nitrogen and oxygen atoms in total. The second-order valence-corrected chi connectivity index (χ2v) is 6.00. The summed E-state index contributed by atoms with van der Waals surface area (Å²) in [7, 11) is 0. The molecule has 1 aliphatic carbocycles. The first-order chi connectivity index (χ1) is 11.2. The van der Waals surface area contributed by atoms with Gasteiger partial charge in [-0.1, -0.05) is 13.8 Å². The number of rotatable bonds is 4. The fourth-order valence-electron chi connectivity index (χ4n) is 2.43. The molecule has 1 aliphatic rings. The zero-order valence-corrected chi connectivity index (χ0v) is 13.3. The molecule has 0 spiro atoms. The van der Waals surface area contributed by atoms with Crippen molar-refractivity contribution in [3.63, 3.8) is 0 Å². The molecule has 0 heterocycles. The number of ketones is 1. The fraction of sp³-hybridized carbons (Fsp3) is 0.412. The second kappa shape index (κ2) is 7.07. The monoisotopic (exact) mass is 341 g/mol. The lowest BCUT2D eigenvalue weighted by Gasteiger charge is -2.24. The van der Waals surface area contributed by atoms with Crippen LogP contribution >= 0.6 is 0 Å². The number of allylic oxidation sites excluding steroid dienone is 2. The van der Waals surface area contributed by atoms with Crippen LogP contribution in [0.5, 0.6) is 5.75 Å². The quantitative estimate of drug-likeness (QED) is 0.805. The molecule has 1 aromatic carbocycles. The molecular weight excluding hydrogens is 323 g/mol. The number of nitrogens with zero attached hydrogens (tertiary/aromatic N) is 1. The SMILES string of the molecule is CC(C)C1CC(=O)C(C=Nc2ccc(OC(F)(F)F)cc2)=C(O)C1. The summed E-state index contributed by atoms with van der Waals surface area (Å²) in [4.78, 5) is 16.1. The molecule has 0 saturated carbocycles. The number of Topliss-reactive ketones (excluding diaryl/α,β-unsaturated/α-hetero) is 1. The molecule has 0 aromatic heterocycles. The number of benzene rings is 1. The third kappa shape index (κ3) is 4.84. The number of aliphatic hydroxyl groups is 1.